The van der Waals surface area contributed by atoms with Crippen molar-refractivity contribution in [2.75, 3.05) is 0 Å². The summed E-state index contributed by atoms with van der Waals surface area (Å²) in [6.45, 7) is 1.44. The highest BCUT2D eigenvalue weighted by atomic mass is 16.5. The van der Waals surface area contributed by atoms with E-state index < -0.39 is 12.1 Å². The molecule has 20 heavy (non-hydrogen) atoms. The van der Waals surface area contributed by atoms with Gasteiger partial charge in [-0.25, -0.2) is 4.79 Å². The standard InChI is InChI=1S/C9H10O4.C6H6O/c1-6(9(11)12)13-8-4-2-7(10)3-5-8;7-6-4-2-1-3-5-6/h2-6,10H,1H3,(H,11,12);1-5,7H. The van der Waals surface area contributed by atoms with Gasteiger partial charge >= 0.3 is 5.97 Å². The van der Waals surface area contributed by atoms with Gasteiger partial charge in [-0.15, -0.1) is 0 Å². The molecule has 106 valence electrons. The summed E-state index contributed by atoms with van der Waals surface area (Å²) in [5, 5.41) is 26.1. The topological polar surface area (TPSA) is 87.0 Å². The van der Waals surface area contributed by atoms with E-state index in [-0.39, 0.29) is 5.75 Å². The van der Waals surface area contributed by atoms with Crippen LogP contribution >= 0.6 is 0 Å². The Balaban J connectivity index is 0.000000240. The number of rotatable bonds is 3. The number of phenolic OH excluding ortho intramolecular Hbond substituents is 2. The lowest BCUT2D eigenvalue weighted by Gasteiger charge is -2.09. The van der Waals surface area contributed by atoms with E-state index in [1.807, 2.05) is 6.07 Å². The number of benzene rings is 2. The molecule has 0 bridgehead atoms. The van der Waals surface area contributed by atoms with E-state index in [0.29, 0.717) is 11.5 Å². The summed E-state index contributed by atoms with van der Waals surface area (Å²) in [5.41, 5.74) is 0. The van der Waals surface area contributed by atoms with E-state index in [1.165, 1.54) is 31.2 Å². The number of carboxylic acid groups (broad SMARTS) is 1. The summed E-state index contributed by atoms with van der Waals surface area (Å²) >= 11 is 0. The van der Waals surface area contributed by atoms with E-state index in [2.05, 4.69) is 0 Å². The van der Waals surface area contributed by atoms with Crippen LogP contribution < -0.4 is 4.74 Å². The van der Waals surface area contributed by atoms with Gasteiger partial charge < -0.3 is 20.1 Å². The minimum absolute atomic E-state index is 0.121. The van der Waals surface area contributed by atoms with E-state index in [1.54, 1.807) is 24.3 Å². The van der Waals surface area contributed by atoms with Gasteiger partial charge in [0.2, 0.25) is 0 Å². The van der Waals surface area contributed by atoms with Gasteiger partial charge in [0.25, 0.3) is 0 Å². The van der Waals surface area contributed by atoms with Crippen LogP contribution in [0.15, 0.2) is 54.6 Å². The predicted molar refractivity (Wildman–Crippen MR) is 73.9 cm³/mol. The van der Waals surface area contributed by atoms with E-state index in [4.69, 9.17) is 20.1 Å². The normalized spacial score (nSPS) is 10.8. The number of aromatic hydroxyl groups is 2. The molecule has 0 heterocycles. The molecule has 0 aliphatic rings. The molecule has 0 radical (unpaired) electrons. The fourth-order valence-electron chi connectivity index (χ4n) is 1.21. The Labute approximate surface area is 116 Å². The molecule has 0 fully saturated rings. The maximum absolute atomic E-state index is 10.4. The molecule has 1 atom stereocenters. The smallest absolute Gasteiger partial charge is 0.344 e. The van der Waals surface area contributed by atoms with E-state index in [9.17, 15) is 4.79 Å². The van der Waals surface area contributed by atoms with Gasteiger partial charge in [0.15, 0.2) is 6.10 Å². The van der Waals surface area contributed by atoms with Crippen molar-refractivity contribution < 1.29 is 24.9 Å². The van der Waals surface area contributed by atoms with Crippen molar-refractivity contribution in [3.05, 3.63) is 54.6 Å². The van der Waals surface area contributed by atoms with Crippen LogP contribution in [0, 0.1) is 0 Å². The highest BCUT2D eigenvalue weighted by molar-refractivity contribution is 5.72. The molecule has 2 aromatic rings. The van der Waals surface area contributed by atoms with Crippen molar-refractivity contribution in [1.29, 1.82) is 0 Å². The van der Waals surface area contributed by atoms with Crippen LogP contribution in [0.2, 0.25) is 0 Å². The maximum Gasteiger partial charge on any atom is 0.344 e. The molecular weight excluding hydrogens is 260 g/mol. The Morgan fingerprint density at radius 3 is 1.85 bits per heavy atom. The zero-order valence-electron chi connectivity index (χ0n) is 10.9. The van der Waals surface area contributed by atoms with E-state index >= 15 is 0 Å². The van der Waals surface area contributed by atoms with Gasteiger partial charge in [-0.1, -0.05) is 18.2 Å². The van der Waals surface area contributed by atoms with Crippen LogP contribution in [0.1, 0.15) is 6.92 Å². The third-order valence-electron chi connectivity index (χ3n) is 2.25. The molecular formula is C15H16O5. The number of para-hydroxylation sites is 1. The summed E-state index contributed by atoms with van der Waals surface area (Å²) in [6.07, 6.45) is -0.885. The largest absolute Gasteiger partial charge is 0.508 e. The number of aliphatic carboxylic acids is 1. The number of carbonyl (C=O) groups is 1. The summed E-state index contributed by atoms with van der Waals surface area (Å²) in [5.74, 6) is -0.154. The van der Waals surface area contributed by atoms with Crippen molar-refractivity contribution in [1.82, 2.24) is 0 Å². The SMILES string of the molecule is CC(Oc1ccc(O)cc1)C(=O)O.Oc1ccccc1. The first-order valence-electron chi connectivity index (χ1n) is 5.91. The fraction of sp³-hybridized carbons (Fsp3) is 0.133. The maximum atomic E-state index is 10.4. The van der Waals surface area contributed by atoms with Crippen molar-refractivity contribution in [2.45, 2.75) is 13.0 Å². The first-order valence-corrected chi connectivity index (χ1v) is 5.91. The average molecular weight is 276 g/mol. The van der Waals surface area contributed by atoms with Gasteiger partial charge in [0.05, 0.1) is 0 Å². The van der Waals surface area contributed by atoms with Crippen LogP contribution in [0.3, 0.4) is 0 Å². The molecule has 2 rings (SSSR count). The summed E-state index contributed by atoms with van der Waals surface area (Å²) in [6, 6.07) is 14.6. The Hall–Kier alpha value is -2.69. The Morgan fingerprint density at radius 2 is 1.45 bits per heavy atom. The molecule has 5 nitrogen and oxygen atoms in total. The van der Waals surface area contributed by atoms with Crippen molar-refractivity contribution in [2.24, 2.45) is 0 Å². The first kappa shape index (κ1) is 15.4. The molecule has 0 aliphatic heterocycles. The van der Waals surface area contributed by atoms with Crippen molar-refractivity contribution in [3.63, 3.8) is 0 Å². The first-order chi connectivity index (χ1) is 9.49. The second-order valence-corrected chi connectivity index (χ2v) is 3.93. The minimum Gasteiger partial charge on any atom is -0.508 e. The van der Waals surface area contributed by atoms with Crippen LogP contribution in [0.5, 0.6) is 17.2 Å². The van der Waals surface area contributed by atoms with Crippen molar-refractivity contribution in [3.8, 4) is 17.2 Å². The lowest BCUT2D eigenvalue weighted by atomic mass is 10.3. The average Bonchev–Trinajstić information content (AvgIpc) is 2.43. The Kier molecular flexibility index (Phi) is 5.90. The van der Waals surface area contributed by atoms with Crippen LogP contribution in [0.25, 0.3) is 0 Å². The second-order valence-electron chi connectivity index (χ2n) is 3.93. The van der Waals surface area contributed by atoms with Crippen LogP contribution in [0.4, 0.5) is 0 Å². The number of phenols is 2. The molecule has 0 saturated heterocycles. The monoisotopic (exact) mass is 276 g/mol. The molecule has 0 aromatic heterocycles. The number of hydrogen-bond acceptors (Lipinski definition) is 4. The molecule has 1 unspecified atom stereocenters. The molecule has 0 aliphatic carbocycles. The van der Waals surface area contributed by atoms with Crippen LogP contribution in [-0.2, 0) is 4.79 Å². The van der Waals surface area contributed by atoms with Crippen LogP contribution in [-0.4, -0.2) is 27.4 Å². The van der Waals surface area contributed by atoms with Gasteiger partial charge in [-0.2, -0.15) is 0 Å². The summed E-state index contributed by atoms with van der Waals surface area (Å²) < 4.78 is 5.02. The lowest BCUT2D eigenvalue weighted by Crippen LogP contribution is -2.22. The fourth-order valence-corrected chi connectivity index (χ4v) is 1.21. The minimum atomic E-state index is -1.02. The zero-order chi connectivity index (χ0) is 15.0. The predicted octanol–water partition coefficient (Wildman–Crippen LogP) is 2.64. The molecule has 0 saturated carbocycles. The number of ether oxygens (including phenoxy) is 1. The second kappa shape index (κ2) is 7.68. The lowest BCUT2D eigenvalue weighted by molar-refractivity contribution is -0.144. The highest BCUT2D eigenvalue weighted by Crippen LogP contribution is 2.16. The van der Waals surface area contributed by atoms with Gasteiger partial charge in [0.1, 0.15) is 17.2 Å². The Bertz CT molecular complexity index is 522. The summed E-state index contributed by atoms with van der Waals surface area (Å²) in [4.78, 5) is 10.4. The molecule has 5 heteroatoms. The molecule has 3 N–H and O–H groups in total. The Morgan fingerprint density at radius 1 is 0.950 bits per heavy atom. The van der Waals surface area contributed by atoms with Gasteiger partial charge in [0, 0.05) is 0 Å². The van der Waals surface area contributed by atoms with Crippen molar-refractivity contribution >= 4 is 5.97 Å². The molecule has 0 amide bonds. The number of hydrogen-bond donors (Lipinski definition) is 3. The van der Waals surface area contributed by atoms with E-state index in [0.717, 1.165) is 0 Å². The quantitative estimate of drug-likeness (QED) is 0.802. The third kappa shape index (κ3) is 5.77. The third-order valence-corrected chi connectivity index (χ3v) is 2.25. The summed E-state index contributed by atoms with van der Waals surface area (Å²) in [7, 11) is 0. The van der Waals surface area contributed by atoms with Gasteiger partial charge in [-0.05, 0) is 43.3 Å². The zero-order valence-corrected chi connectivity index (χ0v) is 10.9. The molecule has 0 spiro atoms. The van der Waals surface area contributed by atoms with Gasteiger partial charge in [-0.3, -0.25) is 0 Å². The molecule has 2 aromatic carbocycles. The number of carboxylic acids is 1. The highest BCUT2D eigenvalue weighted by Gasteiger charge is 2.11.